The molecule has 0 unspecified atom stereocenters. The summed E-state index contributed by atoms with van der Waals surface area (Å²) in [6, 6.07) is 20.4. The second kappa shape index (κ2) is 9.68. The molecule has 11 heteroatoms. The Morgan fingerprint density at radius 3 is 2.38 bits per heavy atom. The van der Waals surface area contributed by atoms with Crippen LogP contribution in [0.15, 0.2) is 97.6 Å². The molecule has 6 aromatic rings. The van der Waals surface area contributed by atoms with Crippen molar-refractivity contribution in [3.05, 3.63) is 111 Å². The highest BCUT2D eigenvalue weighted by atomic mass is 35.5. The average Bonchev–Trinajstić information content (AvgIpc) is 3.59. The molecule has 0 aliphatic rings. The molecule has 3 aromatic heterocycles. The zero-order valence-corrected chi connectivity index (χ0v) is 21.0. The number of halogens is 1. The summed E-state index contributed by atoms with van der Waals surface area (Å²) in [5.74, 6) is -1.67. The van der Waals surface area contributed by atoms with Crippen LogP contribution in [0, 0.1) is 0 Å². The van der Waals surface area contributed by atoms with Crippen LogP contribution >= 0.6 is 11.6 Å². The number of nitrogens with zero attached hydrogens (tertiary/aromatic N) is 3. The number of furan rings is 2. The minimum Gasteiger partial charge on any atom is -0.478 e. The summed E-state index contributed by atoms with van der Waals surface area (Å²) >= 11 is 6.12. The lowest BCUT2D eigenvalue weighted by atomic mass is 10.0. The number of benzene rings is 3. The van der Waals surface area contributed by atoms with E-state index in [9.17, 15) is 24.6 Å². The van der Waals surface area contributed by atoms with Crippen LogP contribution in [-0.2, 0) is 0 Å². The van der Waals surface area contributed by atoms with Crippen molar-refractivity contribution >= 4 is 51.6 Å². The van der Waals surface area contributed by atoms with Gasteiger partial charge in [0.05, 0.1) is 28.2 Å². The molecule has 0 spiro atoms. The molecule has 3 aromatic carbocycles. The Bertz CT molecular complexity index is 2040. The van der Waals surface area contributed by atoms with Crippen LogP contribution in [0.1, 0.15) is 26.5 Å². The number of hydrogen-bond acceptors (Lipinski definition) is 7. The van der Waals surface area contributed by atoms with Gasteiger partial charge in [-0.2, -0.15) is 9.78 Å². The van der Waals surface area contributed by atoms with Gasteiger partial charge in [0.1, 0.15) is 17.1 Å². The third-order valence-corrected chi connectivity index (χ3v) is 6.33. The first-order chi connectivity index (χ1) is 19.3. The molecule has 0 aliphatic heterocycles. The molecule has 0 saturated heterocycles. The van der Waals surface area contributed by atoms with Crippen molar-refractivity contribution in [1.82, 2.24) is 9.66 Å². The second-order valence-electron chi connectivity index (χ2n) is 8.72. The van der Waals surface area contributed by atoms with E-state index in [1.54, 1.807) is 60.7 Å². The first-order valence-corrected chi connectivity index (χ1v) is 12.1. The second-order valence-corrected chi connectivity index (χ2v) is 9.15. The fraction of sp³-hybridized carbons (Fsp3) is 0. The van der Waals surface area contributed by atoms with E-state index >= 15 is 0 Å². The standard InChI is InChI=1S/C29H16ClN3O7/c30-19-5-7-24-16(12-19)13-25(40-24)26-32-22-4-2-1-3-21(22)27(34)33(26)31-14-20-6-8-23(39-20)15-9-17(28(35)36)11-18(10-15)29(37)38/h1-14H,(H,35,36)(H,37,38). The van der Waals surface area contributed by atoms with Gasteiger partial charge in [0.15, 0.2) is 5.76 Å². The Hall–Kier alpha value is -5.48. The highest BCUT2D eigenvalue weighted by Gasteiger charge is 2.18. The van der Waals surface area contributed by atoms with Crippen LogP contribution in [0.5, 0.6) is 0 Å². The third kappa shape index (κ3) is 4.52. The van der Waals surface area contributed by atoms with E-state index in [1.165, 1.54) is 18.3 Å². The van der Waals surface area contributed by atoms with Crippen LogP contribution < -0.4 is 5.56 Å². The predicted octanol–water partition coefficient (Wildman–Crippen LogP) is 6.00. The predicted molar refractivity (Wildman–Crippen MR) is 147 cm³/mol. The van der Waals surface area contributed by atoms with Crippen LogP contribution in [0.25, 0.3) is 44.8 Å². The van der Waals surface area contributed by atoms with Gasteiger partial charge in [0, 0.05) is 16.0 Å². The molecule has 0 aliphatic carbocycles. The largest absolute Gasteiger partial charge is 0.478 e. The van der Waals surface area contributed by atoms with E-state index in [1.807, 2.05) is 0 Å². The molecular formula is C29H16ClN3O7. The number of aromatic carboxylic acids is 2. The van der Waals surface area contributed by atoms with Crippen molar-refractivity contribution in [3.8, 4) is 22.9 Å². The van der Waals surface area contributed by atoms with Gasteiger partial charge >= 0.3 is 11.9 Å². The molecule has 0 amide bonds. The number of fused-ring (bicyclic) bond motifs is 2. The minimum absolute atomic E-state index is 0.152. The number of hydrogen-bond donors (Lipinski definition) is 2. The number of carboxylic acid groups (broad SMARTS) is 2. The molecular weight excluding hydrogens is 538 g/mol. The van der Waals surface area contributed by atoms with Crippen LogP contribution in [0.3, 0.4) is 0 Å². The van der Waals surface area contributed by atoms with E-state index in [0.717, 1.165) is 16.1 Å². The summed E-state index contributed by atoms with van der Waals surface area (Å²) in [5.41, 5.74) is 0.419. The Morgan fingerprint density at radius 1 is 0.875 bits per heavy atom. The maximum absolute atomic E-state index is 13.4. The van der Waals surface area contributed by atoms with Gasteiger partial charge in [-0.1, -0.05) is 23.7 Å². The molecule has 6 rings (SSSR count). The van der Waals surface area contributed by atoms with Crippen molar-refractivity contribution in [2.45, 2.75) is 0 Å². The molecule has 0 bridgehead atoms. The van der Waals surface area contributed by atoms with Gasteiger partial charge in [0.25, 0.3) is 5.56 Å². The lowest BCUT2D eigenvalue weighted by molar-refractivity contribution is 0.0696. The summed E-state index contributed by atoms with van der Waals surface area (Å²) in [4.78, 5) is 41.0. The molecule has 40 heavy (non-hydrogen) atoms. The van der Waals surface area contributed by atoms with Gasteiger partial charge in [-0.15, -0.1) is 0 Å². The van der Waals surface area contributed by atoms with E-state index < -0.39 is 17.5 Å². The first-order valence-electron chi connectivity index (χ1n) is 11.7. The fourth-order valence-corrected chi connectivity index (χ4v) is 4.40. The molecule has 3 heterocycles. The maximum atomic E-state index is 13.4. The number of aromatic nitrogens is 2. The van der Waals surface area contributed by atoms with Crippen LogP contribution in [0.2, 0.25) is 5.02 Å². The van der Waals surface area contributed by atoms with Crippen molar-refractivity contribution in [1.29, 1.82) is 0 Å². The van der Waals surface area contributed by atoms with Crippen molar-refractivity contribution in [2.75, 3.05) is 0 Å². The SMILES string of the molecule is O=C(O)c1cc(C(=O)O)cc(-c2ccc(C=Nn3c(-c4cc5cc(Cl)ccc5o4)nc4ccccc4c3=O)o2)c1. The molecule has 0 atom stereocenters. The molecule has 196 valence electrons. The molecule has 2 N–H and O–H groups in total. The Morgan fingerprint density at radius 2 is 1.62 bits per heavy atom. The van der Waals surface area contributed by atoms with Crippen LogP contribution in [0.4, 0.5) is 0 Å². The summed E-state index contributed by atoms with van der Waals surface area (Å²) in [6.45, 7) is 0. The monoisotopic (exact) mass is 553 g/mol. The average molecular weight is 554 g/mol. The van der Waals surface area contributed by atoms with Crippen molar-refractivity contribution in [2.24, 2.45) is 5.10 Å². The van der Waals surface area contributed by atoms with Crippen LogP contribution in [-0.4, -0.2) is 38.0 Å². The van der Waals surface area contributed by atoms with Gasteiger partial charge in [-0.05, 0) is 66.7 Å². The summed E-state index contributed by atoms with van der Waals surface area (Å²) in [6.07, 6.45) is 1.30. The van der Waals surface area contributed by atoms with E-state index in [-0.39, 0.29) is 34.0 Å². The Balaban J connectivity index is 1.44. The van der Waals surface area contributed by atoms with E-state index in [2.05, 4.69) is 10.1 Å². The topological polar surface area (TPSA) is 148 Å². The van der Waals surface area contributed by atoms with Gasteiger partial charge < -0.3 is 19.0 Å². The lowest BCUT2D eigenvalue weighted by Gasteiger charge is -2.06. The zero-order chi connectivity index (χ0) is 28.0. The molecule has 0 fully saturated rings. The summed E-state index contributed by atoms with van der Waals surface area (Å²) < 4.78 is 12.8. The number of carboxylic acids is 2. The fourth-order valence-electron chi connectivity index (χ4n) is 4.22. The lowest BCUT2D eigenvalue weighted by Crippen LogP contribution is -2.20. The zero-order valence-electron chi connectivity index (χ0n) is 20.2. The molecule has 0 saturated carbocycles. The number of rotatable bonds is 6. The molecule has 10 nitrogen and oxygen atoms in total. The van der Waals surface area contributed by atoms with Gasteiger partial charge in [-0.25, -0.2) is 14.6 Å². The van der Waals surface area contributed by atoms with Crippen molar-refractivity contribution in [3.63, 3.8) is 0 Å². The van der Waals surface area contributed by atoms with E-state index in [4.69, 9.17) is 20.4 Å². The first kappa shape index (κ1) is 24.8. The quantitative estimate of drug-likeness (QED) is 0.238. The van der Waals surface area contributed by atoms with Gasteiger partial charge in [-0.3, -0.25) is 4.79 Å². The smallest absolute Gasteiger partial charge is 0.335 e. The summed E-state index contributed by atoms with van der Waals surface area (Å²) in [7, 11) is 0. The number of para-hydroxylation sites is 1. The maximum Gasteiger partial charge on any atom is 0.335 e. The normalized spacial score (nSPS) is 11.5. The van der Waals surface area contributed by atoms with Gasteiger partial charge in [0.2, 0.25) is 5.82 Å². The minimum atomic E-state index is -1.28. The Labute approximate surface area is 229 Å². The highest BCUT2D eigenvalue weighted by Crippen LogP contribution is 2.29. The summed E-state index contributed by atoms with van der Waals surface area (Å²) in [5, 5.41) is 24.7. The molecule has 0 radical (unpaired) electrons. The highest BCUT2D eigenvalue weighted by molar-refractivity contribution is 6.31. The third-order valence-electron chi connectivity index (χ3n) is 6.09. The van der Waals surface area contributed by atoms with Crippen molar-refractivity contribution < 1.29 is 28.6 Å². The number of carbonyl (C=O) groups is 2. The van der Waals surface area contributed by atoms with E-state index in [0.29, 0.717) is 27.3 Å². The Kier molecular flexibility index (Phi) is 6.01.